The SMILES string of the molecule is CCOC(C)n1cnc2c(NCc3cc(O)c(OC)cc3O)ncnc21. The van der Waals surface area contributed by atoms with Crippen LogP contribution in [0.25, 0.3) is 11.2 Å². The van der Waals surface area contributed by atoms with Gasteiger partial charge in [-0.3, -0.25) is 4.57 Å². The van der Waals surface area contributed by atoms with Gasteiger partial charge in [0.15, 0.2) is 28.5 Å². The summed E-state index contributed by atoms with van der Waals surface area (Å²) in [7, 11) is 1.42. The molecule has 0 spiro atoms. The van der Waals surface area contributed by atoms with Gasteiger partial charge in [0.2, 0.25) is 0 Å². The van der Waals surface area contributed by atoms with E-state index in [9.17, 15) is 10.2 Å². The third kappa shape index (κ3) is 3.33. The molecule has 0 aliphatic rings. The van der Waals surface area contributed by atoms with Gasteiger partial charge in [0.1, 0.15) is 18.3 Å². The van der Waals surface area contributed by atoms with Crippen LogP contribution >= 0.6 is 0 Å². The zero-order valence-electron chi connectivity index (χ0n) is 14.8. The first-order chi connectivity index (χ1) is 12.5. The Morgan fingerprint density at radius 3 is 2.73 bits per heavy atom. The molecule has 0 saturated heterocycles. The average molecular weight is 359 g/mol. The number of hydrogen-bond donors (Lipinski definition) is 3. The highest BCUT2D eigenvalue weighted by atomic mass is 16.5. The predicted octanol–water partition coefficient (Wildman–Crippen LogP) is 2.41. The number of nitrogens with one attached hydrogen (secondary N) is 1. The van der Waals surface area contributed by atoms with Gasteiger partial charge in [-0.15, -0.1) is 0 Å². The molecule has 9 heteroatoms. The smallest absolute Gasteiger partial charge is 0.167 e. The highest BCUT2D eigenvalue weighted by Crippen LogP contribution is 2.33. The van der Waals surface area contributed by atoms with E-state index < -0.39 is 0 Å². The fourth-order valence-electron chi connectivity index (χ4n) is 2.65. The molecule has 0 bridgehead atoms. The average Bonchev–Trinajstić information content (AvgIpc) is 3.07. The van der Waals surface area contributed by atoms with E-state index in [2.05, 4.69) is 20.3 Å². The first-order valence-electron chi connectivity index (χ1n) is 8.17. The number of aromatic nitrogens is 4. The number of benzene rings is 1. The quantitative estimate of drug-likeness (QED) is 0.551. The topological polar surface area (TPSA) is 115 Å². The summed E-state index contributed by atoms with van der Waals surface area (Å²) in [6.45, 7) is 4.66. The van der Waals surface area contributed by atoms with Crippen molar-refractivity contribution in [1.29, 1.82) is 0 Å². The monoisotopic (exact) mass is 359 g/mol. The number of hydrogen-bond acceptors (Lipinski definition) is 8. The van der Waals surface area contributed by atoms with Gasteiger partial charge < -0.3 is 25.0 Å². The van der Waals surface area contributed by atoms with E-state index in [-0.39, 0.29) is 30.0 Å². The van der Waals surface area contributed by atoms with Crippen LogP contribution in [0, 0.1) is 0 Å². The maximum Gasteiger partial charge on any atom is 0.167 e. The Bertz CT molecular complexity index is 912. The number of imidazole rings is 1. The molecule has 0 fully saturated rings. The van der Waals surface area contributed by atoms with E-state index >= 15 is 0 Å². The van der Waals surface area contributed by atoms with Gasteiger partial charge in [-0.2, -0.15) is 0 Å². The predicted molar refractivity (Wildman–Crippen MR) is 95.3 cm³/mol. The highest BCUT2D eigenvalue weighted by Gasteiger charge is 2.15. The zero-order chi connectivity index (χ0) is 18.7. The van der Waals surface area contributed by atoms with E-state index in [1.807, 2.05) is 18.4 Å². The lowest BCUT2D eigenvalue weighted by Crippen LogP contribution is -2.09. The van der Waals surface area contributed by atoms with Gasteiger partial charge >= 0.3 is 0 Å². The van der Waals surface area contributed by atoms with Gasteiger partial charge in [0.05, 0.1) is 13.4 Å². The zero-order valence-corrected chi connectivity index (χ0v) is 14.8. The van der Waals surface area contributed by atoms with Crippen molar-refractivity contribution in [2.75, 3.05) is 19.0 Å². The number of phenols is 2. The molecule has 0 aliphatic heterocycles. The molecule has 3 N–H and O–H groups in total. The van der Waals surface area contributed by atoms with Crippen LogP contribution in [0.3, 0.4) is 0 Å². The fourth-order valence-corrected chi connectivity index (χ4v) is 2.65. The van der Waals surface area contributed by atoms with Crippen molar-refractivity contribution in [3.8, 4) is 17.2 Å². The van der Waals surface area contributed by atoms with Gasteiger partial charge in [0, 0.05) is 24.8 Å². The molecule has 0 aliphatic carbocycles. The van der Waals surface area contributed by atoms with Crippen molar-refractivity contribution >= 4 is 17.0 Å². The summed E-state index contributed by atoms with van der Waals surface area (Å²) in [4.78, 5) is 12.9. The van der Waals surface area contributed by atoms with Crippen LogP contribution in [0.4, 0.5) is 5.82 Å². The summed E-state index contributed by atoms with van der Waals surface area (Å²) in [5, 5.41) is 23.1. The molecule has 26 heavy (non-hydrogen) atoms. The third-order valence-corrected chi connectivity index (χ3v) is 3.98. The molecular formula is C17H21N5O4. The van der Waals surface area contributed by atoms with E-state index in [1.165, 1.54) is 25.6 Å². The standard InChI is InChI=1S/C17H21N5O4/c1-4-26-10(2)22-9-21-15-16(19-8-20-17(15)22)18-7-11-5-13(24)14(25-3)6-12(11)23/h5-6,8-10,23-24H,4,7H2,1-3H3,(H,18,19,20). The van der Waals surface area contributed by atoms with Crippen LogP contribution in [-0.2, 0) is 11.3 Å². The Balaban J connectivity index is 1.85. The maximum atomic E-state index is 10.1. The lowest BCUT2D eigenvalue weighted by atomic mass is 10.1. The Kier molecular flexibility index (Phi) is 5.08. The summed E-state index contributed by atoms with van der Waals surface area (Å²) in [5.41, 5.74) is 1.73. The van der Waals surface area contributed by atoms with Crippen molar-refractivity contribution < 1.29 is 19.7 Å². The molecule has 9 nitrogen and oxygen atoms in total. The molecule has 0 radical (unpaired) electrons. The molecule has 0 amide bonds. The highest BCUT2D eigenvalue weighted by molar-refractivity contribution is 5.82. The number of rotatable bonds is 7. The number of nitrogens with zero attached hydrogens (tertiary/aromatic N) is 4. The normalized spacial score (nSPS) is 12.3. The first kappa shape index (κ1) is 17.7. The van der Waals surface area contributed by atoms with Crippen molar-refractivity contribution in [2.24, 2.45) is 0 Å². The van der Waals surface area contributed by atoms with Crippen molar-refractivity contribution in [3.63, 3.8) is 0 Å². The third-order valence-electron chi connectivity index (χ3n) is 3.98. The van der Waals surface area contributed by atoms with E-state index in [4.69, 9.17) is 9.47 Å². The summed E-state index contributed by atoms with van der Waals surface area (Å²) >= 11 is 0. The number of phenolic OH excluding ortho intramolecular Hbond substituents is 2. The number of fused-ring (bicyclic) bond motifs is 1. The number of anilines is 1. The fraction of sp³-hybridized carbons (Fsp3) is 0.353. The summed E-state index contributed by atoms with van der Waals surface area (Å²) in [6, 6.07) is 2.80. The lowest BCUT2D eigenvalue weighted by molar-refractivity contribution is 0.0272. The van der Waals surface area contributed by atoms with Crippen LogP contribution < -0.4 is 10.1 Å². The van der Waals surface area contributed by atoms with Crippen LogP contribution in [-0.4, -0.2) is 43.4 Å². The second kappa shape index (κ2) is 7.44. The van der Waals surface area contributed by atoms with E-state index in [0.29, 0.717) is 29.2 Å². The second-order valence-corrected chi connectivity index (χ2v) is 5.61. The lowest BCUT2D eigenvalue weighted by Gasteiger charge is -2.13. The largest absolute Gasteiger partial charge is 0.507 e. The molecule has 1 aromatic carbocycles. The Morgan fingerprint density at radius 1 is 1.19 bits per heavy atom. The van der Waals surface area contributed by atoms with Gasteiger partial charge in [0.25, 0.3) is 0 Å². The minimum atomic E-state index is -0.199. The minimum absolute atomic E-state index is 0.00736. The van der Waals surface area contributed by atoms with Gasteiger partial charge in [-0.05, 0) is 19.9 Å². The van der Waals surface area contributed by atoms with Crippen molar-refractivity contribution in [1.82, 2.24) is 19.5 Å². The second-order valence-electron chi connectivity index (χ2n) is 5.61. The summed E-state index contributed by atoms with van der Waals surface area (Å²) in [5.74, 6) is 0.684. The Hall–Kier alpha value is -3.07. The van der Waals surface area contributed by atoms with E-state index in [0.717, 1.165) is 0 Å². The number of aromatic hydroxyl groups is 2. The molecule has 1 atom stereocenters. The van der Waals surface area contributed by atoms with Gasteiger partial charge in [-0.1, -0.05) is 0 Å². The maximum absolute atomic E-state index is 10.1. The molecule has 1 unspecified atom stereocenters. The number of ether oxygens (including phenoxy) is 2. The van der Waals surface area contributed by atoms with Crippen molar-refractivity contribution in [3.05, 3.63) is 30.4 Å². The Morgan fingerprint density at radius 2 is 2.00 bits per heavy atom. The summed E-state index contributed by atoms with van der Waals surface area (Å²) < 4.78 is 12.4. The molecule has 3 rings (SSSR count). The van der Waals surface area contributed by atoms with Crippen LogP contribution in [0.2, 0.25) is 0 Å². The molecule has 2 heterocycles. The molecule has 3 aromatic rings. The van der Waals surface area contributed by atoms with Crippen molar-refractivity contribution in [2.45, 2.75) is 26.6 Å². The molecule has 2 aromatic heterocycles. The van der Waals surface area contributed by atoms with E-state index in [1.54, 1.807) is 6.33 Å². The van der Waals surface area contributed by atoms with Crippen LogP contribution in [0.15, 0.2) is 24.8 Å². The summed E-state index contributed by atoms with van der Waals surface area (Å²) in [6.07, 6.45) is 2.89. The number of methoxy groups -OCH3 is 1. The molecular weight excluding hydrogens is 338 g/mol. The minimum Gasteiger partial charge on any atom is -0.507 e. The first-order valence-corrected chi connectivity index (χ1v) is 8.17. The molecule has 0 saturated carbocycles. The molecule has 138 valence electrons. The Labute approximate surface area is 150 Å². The van der Waals surface area contributed by atoms with Crippen LogP contribution in [0.5, 0.6) is 17.2 Å². The van der Waals surface area contributed by atoms with Gasteiger partial charge in [-0.25, -0.2) is 15.0 Å². The van der Waals surface area contributed by atoms with Crippen LogP contribution in [0.1, 0.15) is 25.6 Å².